The van der Waals surface area contributed by atoms with Gasteiger partial charge in [0.15, 0.2) is 5.13 Å². The van der Waals surface area contributed by atoms with E-state index >= 15 is 0 Å². The van der Waals surface area contributed by atoms with Crippen LogP contribution in [0, 0.1) is 18.6 Å². The molecule has 0 saturated carbocycles. The van der Waals surface area contributed by atoms with Crippen LogP contribution in [0.4, 0.5) is 13.9 Å². The Labute approximate surface area is 142 Å². The van der Waals surface area contributed by atoms with Gasteiger partial charge >= 0.3 is 0 Å². The fourth-order valence-electron chi connectivity index (χ4n) is 2.25. The fraction of sp³-hybridized carbons (Fsp3) is 0.111. The molecule has 2 aromatic carbocycles. The molecule has 1 aromatic heterocycles. The average molecular weight is 344 g/mol. The summed E-state index contributed by atoms with van der Waals surface area (Å²) in [5.74, 6) is -1.13. The van der Waals surface area contributed by atoms with Gasteiger partial charge in [-0.2, -0.15) is 0 Å². The predicted octanol–water partition coefficient (Wildman–Crippen LogP) is 4.57. The maximum Gasteiger partial charge on any atom is 0.257 e. The van der Waals surface area contributed by atoms with Crippen molar-refractivity contribution in [3.8, 4) is 0 Å². The first-order valence-corrected chi connectivity index (χ1v) is 8.09. The van der Waals surface area contributed by atoms with Crippen molar-refractivity contribution in [2.24, 2.45) is 0 Å². The van der Waals surface area contributed by atoms with Crippen LogP contribution in [0.3, 0.4) is 0 Å². The highest BCUT2D eigenvalue weighted by Gasteiger charge is 2.12. The number of benzene rings is 2. The molecule has 24 heavy (non-hydrogen) atoms. The highest BCUT2D eigenvalue weighted by molar-refractivity contribution is 7.15. The number of nitrogens with zero attached hydrogens (tertiary/aromatic N) is 1. The normalized spacial score (nSPS) is 10.6. The number of amides is 1. The molecule has 6 heteroatoms. The summed E-state index contributed by atoms with van der Waals surface area (Å²) in [4.78, 5) is 17.3. The molecular formula is C18H14F2N2OS. The Morgan fingerprint density at radius 3 is 2.58 bits per heavy atom. The molecule has 3 rings (SSSR count). The van der Waals surface area contributed by atoms with Gasteiger partial charge in [-0.05, 0) is 42.3 Å². The Kier molecular flexibility index (Phi) is 4.66. The molecule has 0 bridgehead atoms. The molecule has 0 aliphatic heterocycles. The van der Waals surface area contributed by atoms with Gasteiger partial charge in [-0.15, -0.1) is 11.3 Å². The van der Waals surface area contributed by atoms with Crippen molar-refractivity contribution >= 4 is 22.4 Å². The lowest BCUT2D eigenvalue weighted by Crippen LogP contribution is -2.13. The molecule has 0 aliphatic carbocycles. The van der Waals surface area contributed by atoms with Crippen LogP contribution in [-0.2, 0) is 6.42 Å². The van der Waals surface area contributed by atoms with Gasteiger partial charge in [-0.25, -0.2) is 13.8 Å². The van der Waals surface area contributed by atoms with Gasteiger partial charge in [0.1, 0.15) is 11.6 Å². The van der Waals surface area contributed by atoms with Gasteiger partial charge in [0, 0.05) is 23.1 Å². The number of anilines is 1. The van der Waals surface area contributed by atoms with Crippen molar-refractivity contribution < 1.29 is 13.6 Å². The second-order valence-electron chi connectivity index (χ2n) is 5.35. The minimum Gasteiger partial charge on any atom is -0.298 e. The topological polar surface area (TPSA) is 42.0 Å². The average Bonchev–Trinajstić information content (AvgIpc) is 2.99. The Hall–Kier alpha value is -2.60. The number of carbonyl (C=O) groups excluding carboxylic acids is 1. The quantitative estimate of drug-likeness (QED) is 0.753. The van der Waals surface area contributed by atoms with Crippen molar-refractivity contribution in [3.05, 3.63) is 81.9 Å². The van der Waals surface area contributed by atoms with Crippen LogP contribution < -0.4 is 5.32 Å². The molecular weight excluding hydrogens is 330 g/mol. The van der Waals surface area contributed by atoms with Crippen LogP contribution >= 0.6 is 11.3 Å². The second-order valence-corrected chi connectivity index (χ2v) is 6.46. The van der Waals surface area contributed by atoms with Crippen LogP contribution in [-0.4, -0.2) is 10.9 Å². The molecule has 0 saturated heterocycles. The van der Waals surface area contributed by atoms with E-state index < -0.39 is 11.7 Å². The number of aryl methyl sites for hydroxylation is 1. The van der Waals surface area contributed by atoms with Crippen molar-refractivity contribution in [3.63, 3.8) is 0 Å². The molecule has 3 nitrogen and oxygen atoms in total. The van der Waals surface area contributed by atoms with Gasteiger partial charge in [0.05, 0.1) is 0 Å². The van der Waals surface area contributed by atoms with Crippen LogP contribution in [0.5, 0.6) is 0 Å². The highest BCUT2D eigenvalue weighted by atomic mass is 32.1. The molecule has 1 amide bonds. The number of halogens is 2. The molecule has 3 aromatic rings. The first-order valence-electron chi connectivity index (χ1n) is 7.28. The minimum atomic E-state index is -0.457. The smallest absolute Gasteiger partial charge is 0.257 e. The summed E-state index contributed by atoms with van der Waals surface area (Å²) < 4.78 is 26.2. The summed E-state index contributed by atoms with van der Waals surface area (Å²) in [5.41, 5.74) is 1.93. The van der Waals surface area contributed by atoms with E-state index in [9.17, 15) is 13.6 Å². The Morgan fingerprint density at radius 2 is 1.83 bits per heavy atom. The minimum absolute atomic E-state index is 0.276. The molecule has 122 valence electrons. The molecule has 0 radical (unpaired) electrons. The standard InChI is InChI=1S/C18H14F2N2OS/c1-11-2-5-14(20)9-16(11)17(23)22-18-21-10-15(24-18)8-12-3-6-13(19)7-4-12/h2-7,9-10H,8H2,1H3,(H,21,22,23). The van der Waals surface area contributed by atoms with E-state index in [4.69, 9.17) is 0 Å². The Bertz CT molecular complexity index is 875. The van der Waals surface area contributed by atoms with Crippen molar-refractivity contribution in [1.29, 1.82) is 0 Å². The van der Waals surface area contributed by atoms with Gasteiger partial charge in [-0.3, -0.25) is 10.1 Å². The van der Waals surface area contributed by atoms with Gasteiger partial charge in [-0.1, -0.05) is 18.2 Å². The summed E-state index contributed by atoms with van der Waals surface area (Å²) in [6.07, 6.45) is 2.27. The lowest BCUT2D eigenvalue weighted by molar-refractivity contribution is 0.102. The van der Waals surface area contributed by atoms with Crippen molar-refractivity contribution in [2.75, 3.05) is 5.32 Å². The zero-order valence-corrected chi connectivity index (χ0v) is 13.7. The van der Waals surface area contributed by atoms with E-state index in [0.29, 0.717) is 17.1 Å². The fourth-order valence-corrected chi connectivity index (χ4v) is 3.10. The molecule has 1 N–H and O–H groups in total. The molecule has 0 unspecified atom stereocenters. The van der Waals surface area contributed by atoms with E-state index in [1.165, 1.54) is 35.6 Å². The lowest BCUT2D eigenvalue weighted by atomic mass is 10.1. The van der Waals surface area contributed by atoms with Crippen LogP contribution in [0.2, 0.25) is 0 Å². The Morgan fingerprint density at radius 1 is 1.12 bits per heavy atom. The zero-order chi connectivity index (χ0) is 17.1. The number of hydrogen-bond donors (Lipinski definition) is 1. The zero-order valence-electron chi connectivity index (χ0n) is 12.8. The highest BCUT2D eigenvalue weighted by Crippen LogP contribution is 2.22. The third-order valence-corrected chi connectivity index (χ3v) is 4.42. The van der Waals surface area contributed by atoms with Gasteiger partial charge in [0.2, 0.25) is 0 Å². The van der Waals surface area contributed by atoms with Crippen LogP contribution in [0.25, 0.3) is 0 Å². The third-order valence-electron chi connectivity index (χ3n) is 3.51. The molecule has 0 fully saturated rings. The number of rotatable bonds is 4. The summed E-state index contributed by atoms with van der Waals surface area (Å²) in [5, 5.41) is 3.13. The number of thiazole rings is 1. The van der Waals surface area contributed by atoms with E-state index in [2.05, 4.69) is 10.3 Å². The SMILES string of the molecule is Cc1ccc(F)cc1C(=O)Nc1ncc(Cc2ccc(F)cc2)s1. The largest absolute Gasteiger partial charge is 0.298 e. The van der Waals surface area contributed by atoms with E-state index in [1.807, 2.05) is 0 Å². The van der Waals surface area contributed by atoms with E-state index in [1.54, 1.807) is 31.3 Å². The number of nitrogens with one attached hydrogen (secondary N) is 1. The number of hydrogen-bond acceptors (Lipinski definition) is 3. The molecule has 0 aliphatic rings. The molecule has 0 spiro atoms. The van der Waals surface area contributed by atoms with E-state index in [0.717, 1.165) is 10.4 Å². The maximum atomic E-state index is 13.3. The van der Waals surface area contributed by atoms with Crippen molar-refractivity contribution in [1.82, 2.24) is 4.98 Å². The van der Waals surface area contributed by atoms with Crippen LogP contribution in [0.1, 0.15) is 26.4 Å². The van der Waals surface area contributed by atoms with Crippen LogP contribution in [0.15, 0.2) is 48.7 Å². The second kappa shape index (κ2) is 6.88. The first kappa shape index (κ1) is 16.3. The number of carbonyl (C=O) groups is 1. The lowest BCUT2D eigenvalue weighted by Gasteiger charge is -2.05. The summed E-state index contributed by atoms with van der Waals surface area (Å²) in [6.45, 7) is 1.75. The summed E-state index contributed by atoms with van der Waals surface area (Å²) in [7, 11) is 0. The maximum absolute atomic E-state index is 13.3. The summed E-state index contributed by atoms with van der Waals surface area (Å²) in [6, 6.07) is 10.3. The van der Waals surface area contributed by atoms with Gasteiger partial charge in [0.25, 0.3) is 5.91 Å². The number of aromatic nitrogens is 1. The van der Waals surface area contributed by atoms with Crippen molar-refractivity contribution in [2.45, 2.75) is 13.3 Å². The predicted molar refractivity (Wildman–Crippen MR) is 90.4 cm³/mol. The summed E-state index contributed by atoms with van der Waals surface area (Å²) >= 11 is 1.33. The van der Waals surface area contributed by atoms with E-state index in [-0.39, 0.29) is 11.4 Å². The third kappa shape index (κ3) is 3.83. The first-order chi connectivity index (χ1) is 11.5. The molecule has 0 atom stereocenters. The van der Waals surface area contributed by atoms with Gasteiger partial charge < -0.3 is 0 Å². The molecule has 1 heterocycles. The monoisotopic (exact) mass is 344 g/mol. The Balaban J connectivity index is 1.70.